The molecule has 9 nitrogen and oxygen atoms in total. The van der Waals surface area contributed by atoms with Gasteiger partial charge in [0.05, 0.1) is 19.3 Å². The minimum atomic E-state index is -0.624. The average molecular weight is 522 g/mol. The number of nitrogens with zero attached hydrogens (tertiary/aromatic N) is 2. The van der Waals surface area contributed by atoms with Crippen LogP contribution in [0, 0.1) is 0 Å². The molecular formula is C29H39N5O4. The van der Waals surface area contributed by atoms with E-state index < -0.39 is 6.10 Å². The highest BCUT2D eigenvalue weighted by atomic mass is 16.5. The first-order valence-corrected chi connectivity index (χ1v) is 13.7. The topological polar surface area (TPSA) is 106 Å². The van der Waals surface area contributed by atoms with E-state index in [2.05, 4.69) is 28.0 Å². The zero-order chi connectivity index (χ0) is 26.6. The van der Waals surface area contributed by atoms with Crippen molar-refractivity contribution in [3.8, 4) is 5.75 Å². The van der Waals surface area contributed by atoms with E-state index in [-0.39, 0.29) is 30.3 Å². The predicted molar refractivity (Wildman–Crippen MR) is 145 cm³/mol. The van der Waals surface area contributed by atoms with Crippen LogP contribution in [0.4, 0.5) is 0 Å². The Hall–Kier alpha value is -2.98. The number of aliphatic hydroxyl groups excluding tert-OH is 1. The molecule has 0 spiro atoms. The fraction of sp³-hybridized carbons (Fsp3) is 0.517. The second-order valence-electron chi connectivity index (χ2n) is 10.5. The van der Waals surface area contributed by atoms with Crippen LogP contribution in [-0.4, -0.2) is 85.2 Å². The highest BCUT2D eigenvalue weighted by Crippen LogP contribution is 2.35. The molecule has 3 fully saturated rings. The fourth-order valence-corrected chi connectivity index (χ4v) is 6.13. The van der Waals surface area contributed by atoms with Crippen molar-refractivity contribution in [2.75, 3.05) is 46.4 Å². The van der Waals surface area contributed by atoms with Gasteiger partial charge in [0.25, 0.3) is 11.8 Å². The second-order valence-corrected chi connectivity index (χ2v) is 10.5. The third-order valence-corrected chi connectivity index (χ3v) is 8.22. The molecule has 38 heavy (non-hydrogen) atoms. The van der Waals surface area contributed by atoms with Crippen LogP contribution in [0.2, 0.25) is 0 Å². The molecule has 3 heterocycles. The highest BCUT2D eigenvalue weighted by molar-refractivity contribution is 5.96. The van der Waals surface area contributed by atoms with E-state index in [1.807, 2.05) is 30.3 Å². The second kappa shape index (κ2) is 11.8. The summed E-state index contributed by atoms with van der Waals surface area (Å²) in [4.78, 5) is 30.8. The van der Waals surface area contributed by atoms with Crippen molar-refractivity contribution < 1.29 is 19.4 Å². The molecule has 3 saturated heterocycles. The Kier molecular flexibility index (Phi) is 8.28. The number of carbonyl (C=O) groups excluding carboxylic acids is 2. The summed E-state index contributed by atoms with van der Waals surface area (Å²) < 4.78 is 5.64. The van der Waals surface area contributed by atoms with E-state index >= 15 is 0 Å². The summed E-state index contributed by atoms with van der Waals surface area (Å²) in [6.07, 6.45) is 2.08. The van der Waals surface area contributed by atoms with Gasteiger partial charge in [-0.1, -0.05) is 25.1 Å². The molecule has 0 bridgehead atoms. The van der Waals surface area contributed by atoms with Crippen molar-refractivity contribution in [1.82, 2.24) is 26.0 Å². The number of nitrogens with one attached hydrogen (secondary N) is 3. The Balaban J connectivity index is 1.31. The van der Waals surface area contributed by atoms with Gasteiger partial charge >= 0.3 is 0 Å². The summed E-state index contributed by atoms with van der Waals surface area (Å²) in [5.74, 6) is 0.686. The van der Waals surface area contributed by atoms with Crippen molar-refractivity contribution in [2.45, 2.75) is 50.3 Å². The van der Waals surface area contributed by atoms with Gasteiger partial charge in [0.15, 0.2) is 0 Å². The Labute approximate surface area is 224 Å². The summed E-state index contributed by atoms with van der Waals surface area (Å²) >= 11 is 0. The lowest BCUT2D eigenvalue weighted by molar-refractivity contribution is 0.0715. The maximum atomic E-state index is 13.7. The number of hydrazine groups is 1. The molecular weight excluding hydrogens is 482 g/mol. The summed E-state index contributed by atoms with van der Waals surface area (Å²) in [5, 5.41) is 13.6. The lowest BCUT2D eigenvalue weighted by atomic mass is 9.97. The SMILES string of the molecule is CCN1CCC[C@H]1CNC(=O)c1cccc([C@H]2CC(O)CN2C(=O)c2ccc(C3CNNC3)c(OC)c2)c1. The summed E-state index contributed by atoms with van der Waals surface area (Å²) in [6.45, 7) is 6.71. The van der Waals surface area contributed by atoms with Crippen LogP contribution in [0.5, 0.6) is 5.75 Å². The van der Waals surface area contributed by atoms with Gasteiger partial charge in [-0.2, -0.15) is 0 Å². The van der Waals surface area contributed by atoms with Gasteiger partial charge in [0.1, 0.15) is 5.75 Å². The normalized spacial score (nSPS) is 24.2. The Morgan fingerprint density at radius 1 is 1.13 bits per heavy atom. The van der Waals surface area contributed by atoms with Crippen LogP contribution in [-0.2, 0) is 0 Å². The quantitative estimate of drug-likeness (QED) is 0.421. The number of methoxy groups -OCH3 is 1. The molecule has 4 N–H and O–H groups in total. The van der Waals surface area contributed by atoms with E-state index in [0.29, 0.717) is 35.9 Å². The third kappa shape index (κ3) is 5.56. The Morgan fingerprint density at radius 2 is 1.95 bits per heavy atom. The third-order valence-electron chi connectivity index (χ3n) is 8.22. The molecule has 3 atom stereocenters. The number of amides is 2. The zero-order valence-electron chi connectivity index (χ0n) is 22.3. The summed E-state index contributed by atoms with van der Waals surface area (Å²) in [6, 6.07) is 13.1. The molecule has 204 valence electrons. The first-order chi connectivity index (χ1) is 18.5. The van der Waals surface area contributed by atoms with Crippen LogP contribution in [0.1, 0.15) is 70.0 Å². The van der Waals surface area contributed by atoms with Crippen molar-refractivity contribution in [2.24, 2.45) is 0 Å². The molecule has 0 aromatic heterocycles. The Morgan fingerprint density at radius 3 is 2.71 bits per heavy atom. The van der Waals surface area contributed by atoms with E-state index in [9.17, 15) is 14.7 Å². The van der Waals surface area contributed by atoms with E-state index in [0.717, 1.165) is 43.7 Å². The molecule has 3 aliphatic rings. The molecule has 0 aliphatic carbocycles. The van der Waals surface area contributed by atoms with Gasteiger partial charge in [-0.15, -0.1) is 0 Å². The van der Waals surface area contributed by atoms with Crippen LogP contribution in [0.15, 0.2) is 42.5 Å². The molecule has 2 aromatic rings. The lowest BCUT2D eigenvalue weighted by Crippen LogP contribution is -2.40. The van der Waals surface area contributed by atoms with E-state index in [4.69, 9.17) is 4.74 Å². The molecule has 2 aromatic carbocycles. The van der Waals surface area contributed by atoms with Crippen molar-refractivity contribution in [1.29, 1.82) is 0 Å². The largest absolute Gasteiger partial charge is 0.496 e. The van der Waals surface area contributed by atoms with Crippen molar-refractivity contribution in [3.05, 3.63) is 64.7 Å². The standard InChI is InChI=1S/C29H39N5O4/c1-3-33-11-5-8-23(33)17-30-28(36)20-7-4-6-19(12-20)26-14-24(35)18-34(26)29(37)21-9-10-25(27(13-21)38-2)22-15-31-32-16-22/h4,6-7,9-10,12-13,22-24,26,31-32,35H,3,5,8,11,14-18H2,1-2H3,(H,30,36)/t23-,24?,26+/m0/s1. The monoisotopic (exact) mass is 521 g/mol. The number of likely N-dealkylation sites (tertiary alicyclic amines) is 2. The predicted octanol–water partition coefficient (Wildman–Crippen LogP) is 2.05. The minimum absolute atomic E-state index is 0.109. The summed E-state index contributed by atoms with van der Waals surface area (Å²) in [7, 11) is 1.62. The molecule has 0 radical (unpaired) electrons. The van der Waals surface area contributed by atoms with Crippen LogP contribution < -0.4 is 20.9 Å². The number of ether oxygens (including phenoxy) is 1. The van der Waals surface area contributed by atoms with Crippen LogP contribution in [0.3, 0.4) is 0 Å². The molecule has 1 unspecified atom stereocenters. The molecule has 9 heteroatoms. The molecule has 3 aliphatic heterocycles. The zero-order valence-corrected chi connectivity index (χ0v) is 22.3. The summed E-state index contributed by atoms with van der Waals surface area (Å²) in [5.41, 5.74) is 9.27. The molecule has 2 amide bonds. The number of benzene rings is 2. The van der Waals surface area contributed by atoms with Gasteiger partial charge < -0.3 is 20.1 Å². The first-order valence-electron chi connectivity index (χ1n) is 13.7. The average Bonchev–Trinajstić information content (AvgIpc) is 3.72. The maximum absolute atomic E-state index is 13.7. The minimum Gasteiger partial charge on any atom is -0.496 e. The van der Waals surface area contributed by atoms with Gasteiger partial charge in [-0.05, 0) is 67.7 Å². The lowest BCUT2D eigenvalue weighted by Gasteiger charge is -2.26. The van der Waals surface area contributed by atoms with Gasteiger partial charge in [0, 0.05) is 49.3 Å². The van der Waals surface area contributed by atoms with Gasteiger partial charge in [-0.3, -0.25) is 25.3 Å². The highest BCUT2D eigenvalue weighted by Gasteiger charge is 2.36. The maximum Gasteiger partial charge on any atom is 0.254 e. The molecule has 5 rings (SSSR count). The number of hydrogen-bond acceptors (Lipinski definition) is 7. The van der Waals surface area contributed by atoms with Crippen LogP contribution in [0.25, 0.3) is 0 Å². The number of rotatable bonds is 8. The van der Waals surface area contributed by atoms with E-state index in [1.54, 1.807) is 24.1 Å². The van der Waals surface area contributed by atoms with Crippen molar-refractivity contribution in [3.63, 3.8) is 0 Å². The number of aliphatic hydroxyl groups is 1. The molecule has 0 saturated carbocycles. The van der Waals surface area contributed by atoms with Gasteiger partial charge in [-0.25, -0.2) is 0 Å². The first kappa shape index (κ1) is 26.6. The smallest absolute Gasteiger partial charge is 0.254 e. The number of likely N-dealkylation sites (N-methyl/N-ethyl adjacent to an activating group) is 1. The Bertz CT molecular complexity index is 1150. The van der Waals surface area contributed by atoms with Gasteiger partial charge in [0.2, 0.25) is 0 Å². The fourth-order valence-electron chi connectivity index (χ4n) is 6.13. The number of hydrogen-bond donors (Lipinski definition) is 4. The van der Waals surface area contributed by atoms with Crippen LogP contribution >= 0.6 is 0 Å². The van der Waals surface area contributed by atoms with E-state index in [1.165, 1.54) is 6.42 Å². The number of carbonyl (C=O) groups is 2. The number of β-amino-alcohol motifs (C(OH)–C–C–N with tert-alkyl or cyclic N) is 1. The van der Waals surface area contributed by atoms with Crippen molar-refractivity contribution >= 4 is 11.8 Å².